The standard InChI is InChI=1S/C33H35NO2.ClH/c1-22-16-17-27(21-31(22)33(35)36)32-20-24(19-26-11-4-6-14-30(26)32)9-8-18-34-23(2)28-15-7-12-25-10-3-5-13-29(25)28;/h3-7,10-17,21,23-24,32,34H,8-9,18-20H2,1-2H3,(H,35,36);1H/t23-,24+,32?;/m1./s1. The summed E-state index contributed by atoms with van der Waals surface area (Å²) in [6.07, 6.45) is 4.46. The molecule has 5 rings (SSSR count). The molecule has 0 saturated heterocycles. The number of aryl methyl sites for hydroxylation is 1. The molecule has 0 aromatic heterocycles. The Balaban J connectivity index is 0.00000320. The van der Waals surface area contributed by atoms with Gasteiger partial charge in [0.2, 0.25) is 0 Å². The smallest absolute Gasteiger partial charge is 0.335 e. The normalized spacial score (nSPS) is 17.6. The predicted octanol–water partition coefficient (Wildman–Crippen LogP) is 8.09. The Hall–Kier alpha value is -3.14. The fourth-order valence-corrected chi connectivity index (χ4v) is 5.98. The minimum absolute atomic E-state index is 0. The van der Waals surface area contributed by atoms with Gasteiger partial charge in [-0.1, -0.05) is 78.9 Å². The van der Waals surface area contributed by atoms with E-state index in [0.717, 1.165) is 43.4 Å². The Morgan fingerprint density at radius 1 is 1.00 bits per heavy atom. The summed E-state index contributed by atoms with van der Waals surface area (Å²) in [6, 6.07) is 30.2. The van der Waals surface area contributed by atoms with E-state index in [1.165, 1.54) is 27.5 Å². The van der Waals surface area contributed by atoms with Gasteiger partial charge >= 0.3 is 5.97 Å². The third-order valence-electron chi connectivity index (χ3n) is 7.93. The van der Waals surface area contributed by atoms with Crippen molar-refractivity contribution in [3.8, 4) is 0 Å². The average molecular weight is 514 g/mol. The first-order valence-electron chi connectivity index (χ1n) is 13.1. The van der Waals surface area contributed by atoms with E-state index in [9.17, 15) is 9.90 Å². The van der Waals surface area contributed by atoms with Crippen LogP contribution in [0.5, 0.6) is 0 Å². The van der Waals surface area contributed by atoms with Gasteiger partial charge in [-0.15, -0.1) is 12.4 Å². The second-order valence-electron chi connectivity index (χ2n) is 10.3. The Morgan fingerprint density at radius 2 is 1.76 bits per heavy atom. The lowest BCUT2D eigenvalue weighted by Gasteiger charge is -2.32. The summed E-state index contributed by atoms with van der Waals surface area (Å²) in [5.74, 6) is -0.00302. The molecule has 3 atom stereocenters. The zero-order valence-corrected chi connectivity index (χ0v) is 22.4. The molecule has 1 unspecified atom stereocenters. The zero-order chi connectivity index (χ0) is 25.1. The molecule has 0 bridgehead atoms. The van der Waals surface area contributed by atoms with Crippen molar-refractivity contribution >= 4 is 29.1 Å². The van der Waals surface area contributed by atoms with Gasteiger partial charge in [0.05, 0.1) is 5.56 Å². The van der Waals surface area contributed by atoms with Gasteiger partial charge in [-0.3, -0.25) is 0 Å². The van der Waals surface area contributed by atoms with Crippen LogP contribution >= 0.6 is 12.4 Å². The van der Waals surface area contributed by atoms with E-state index in [1.807, 2.05) is 19.1 Å². The second kappa shape index (κ2) is 11.9. The van der Waals surface area contributed by atoms with Crippen molar-refractivity contribution in [2.45, 2.75) is 51.5 Å². The van der Waals surface area contributed by atoms with Gasteiger partial charge in [0.1, 0.15) is 0 Å². The molecule has 2 N–H and O–H groups in total. The van der Waals surface area contributed by atoms with Crippen LogP contribution in [0.3, 0.4) is 0 Å². The summed E-state index contributed by atoms with van der Waals surface area (Å²) in [5, 5.41) is 16.0. The number of carboxylic acids is 1. The highest BCUT2D eigenvalue weighted by Gasteiger charge is 2.28. The van der Waals surface area contributed by atoms with Crippen molar-refractivity contribution in [2.75, 3.05) is 6.54 Å². The highest BCUT2D eigenvalue weighted by Crippen LogP contribution is 2.41. The van der Waals surface area contributed by atoms with Gasteiger partial charge in [-0.2, -0.15) is 0 Å². The van der Waals surface area contributed by atoms with Crippen molar-refractivity contribution in [1.82, 2.24) is 5.32 Å². The Kier molecular flexibility index (Phi) is 8.68. The van der Waals surface area contributed by atoms with Gasteiger partial charge in [0.15, 0.2) is 0 Å². The number of benzene rings is 4. The molecule has 0 amide bonds. The second-order valence-corrected chi connectivity index (χ2v) is 10.3. The van der Waals surface area contributed by atoms with Crippen LogP contribution in [-0.2, 0) is 6.42 Å². The fourth-order valence-electron chi connectivity index (χ4n) is 5.98. The molecule has 4 heteroatoms. The molecule has 0 aliphatic heterocycles. The van der Waals surface area contributed by atoms with Crippen molar-refractivity contribution < 1.29 is 9.90 Å². The maximum atomic E-state index is 11.8. The minimum atomic E-state index is -0.846. The number of carbonyl (C=O) groups is 1. The number of hydrogen-bond donors (Lipinski definition) is 2. The molecular formula is C33H36ClNO2. The van der Waals surface area contributed by atoms with E-state index in [2.05, 4.69) is 85.0 Å². The molecule has 3 nitrogen and oxygen atoms in total. The number of halogens is 1. The van der Waals surface area contributed by atoms with Crippen LogP contribution in [0.4, 0.5) is 0 Å². The van der Waals surface area contributed by atoms with Gasteiger partial charge in [0.25, 0.3) is 0 Å². The highest BCUT2D eigenvalue weighted by atomic mass is 35.5. The molecule has 0 radical (unpaired) electrons. The lowest BCUT2D eigenvalue weighted by Crippen LogP contribution is -2.23. The van der Waals surface area contributed by atoms with Crippen LogP contribution in [-0.4, -0.2) is 17.6 Å². The lowest BCUT2D eigenvalue weighted by atomic mass is 9.72. The van der Waals surface area contributed by atoms with Crippen LogP contribution in [0.15, 0.2) is 84.9 Å². The van der Waals surface area contributed by atoms with Gasteiger partial charge in [0, 0.05) is 12.0 Å². The average Bonchev–Trinajstić information content (AvgIpc) is 2.90. The van der Waals surface area contributed by atoms with E-state index < -0.39 is 5.97 Å². The SMILES string of the molecule is Cc1ccc(C2C[C@@H](CCCN[C@H](C)c3cccc4ccccc34)Cc3ccccc32)cc1C(=O)O.Cl. The van der Waals surface area contributed by atoms with Crippen LogP contribution in [0.1, 0.15) is 76.3 Å². The number of rotatable bonds is 8. The Labute approximate surface area is 226 Å². The number of carboxylic acid groups (broad SMARTS) is 1. The highest BCUT2D eigenvalue weighted by molar-refractivity contribution is 5.89. The van der Waals surface area contributed by atoms with Gasteiger partial charge < -0.3 is 10.4 Å². The predicted molar refractivity (Wildman–Crippen MR) is 155 cm³/mol. The minimum Gasteiger partial charge on any atom is -0.478 e. The van der Waals surface area contributed by atoms with Crippen LogP contribution in [0.2, 0.25) is 0 Å². The van der Waals surface area contributed by atoms with E-state index in [4.69, 9.17) is 0 Å². The maximum absolute atomic E-state index is 11.8. The van der Waals surface area contributed by atoms with Crippen LogP contribution in [0.25, 0.3) is 10.8 Å². The van der Waals surface area contributed by atoms with Crippen molar-refractivity contribution in [1.29, 1.82) is 0 Å². The largest absolute Gasteiger partial charge is 0.478 e. The molecule has 4 aromatic rings. The van der Waals surface area contributed by atoms with Crippen LogP contribution in [0, 0.1) is 12.8 Å². The molecule has 0 saturated carbocycles. The van der Waals surface area contributed by atoms with Crippen molar-refractivity contribution in [3.05, 3.63) is 118 Å². The first-order valence-corrected chi connectivity index (χ1v) is 13.1. The first kappa shape index (κ1) is 26.9. The topological polar surface area (TPSA) is 49.3 Å². The van der Waals surface area contributed by atoms with Crippen molar-refractivity contribution in [2.24, 2.45) is 5.92 Å². The molecule has 0 fully saturated rings. The van der Waals surface area contributed by atoms with E-state index in [0.29, 0.717) is 17.5 Å². The molecule has 1 aliphatic rings. The first-order chi connectivity index (χ1) is 17.5. The monoisotopic (exact) mass is 513 g/mol. The van der Waals surface area contributed by atoms with Gasteiger partial charge in [-0.05, 0) is 96.6 Å². The summed E-state index contributed by atoms with van der Waals surface area (Å²) < 4.78 is 0. The van der Waals surface area contributed by atoms with E-state index in [1.54, 1.807) is 0 Å². The Morgan fingerprint density at radius 3 is 2.59 bits per heavy atom. The summed E-state index contributed by atoms with van der Waals surface area (Å²) >= 11 is 0. The zero-order valence-electron chi connectivity index (χ0n) is 21.6. The lowest BCUT2D eigenvalue weighted by molar-refractivity contribution is 0.0696. The molecule has 192 valence electrons. The molecule has 4 aromatic carbocycles. The summed E-state index contributed by atoms with van der Waals surface area (Å²) in [7, 11) is 0. The van der Waals surface area contributed by atoms with E-state index >= 15 is 0 Å². The molecular weight excluding hydrogens is 478 g/mol. The fraction of sp³-hybridized carbons (Fsp3) is 0.303. The molecule has 0 spiro atoms. The third-order valence-corrected chi connectivity index (χ3v) is 7.93. The summed E-state index contributed by atoms with van der Waals surface area (Å²) in [4.78, 5) is 11.8. The van der Waals surface area contributed by atoms with Gasteiger partial charge in [-0.25, -0.2) is 4.79 Å². The van der Waals surface area contributed by atoms with Crippen LogP contribution < -0.4 is 5.32 Å². The molecule has 0 heterocycles. The Bertz CT molecular complexity index is 1380. The maximum Gasteiger partial charge on any atom is 0.335 e. The number of fused-ring (bicyclic) bond motifs is 2. The van der Waals surface area contributed by atoms with Crippen molar-refractivity contribution in [3.63, 3.8) is 0 Å². The third kappa shape index (κ3) is 5.89. The summed E-state index contributed by atoms with van der Waals surface area (Å²) in [6.45, 7) is 5.12. The number of aromatic carboxylic acids is 1. The summed E-state index contributed by atoms with van der Waals surface area (Å²) in [5.41, 5.74) is 6.48. The number of nitrogens with one attached hydrogen (secondary N) is 1. The van der Waals surface area contributed by atoms with E-state index in [-0.39, 0.29) is 18.3 Å². The quantitative estimate of drug-likeness (QED) is 0.234. The number of hydrogen-bond acceptors (Lipinski definition) is 2. The molecule has 37 heavy (non-hydrogen) atoms. The molecule has 1 aliphatic carbocycles.